The third-order valence-electron chi connectivity index (χ3n) is 18.6. The number of fused-ring (bicyclic) bond motifs is 4. The number of morpholine rings is 1. The van der Waals surface area contributed by atoms with Crippen LogP contribution < -0.4 is 0 Å². The van der Waals surface area contributed by atoms with Gasteiger partial charge in [0.1, 0.15) is 0 Å². The maximum absolute atomic E-state index is 12.7. The molecule has 2 N–H and O–H groups in total. The summed E-state index contributed by atoms with van der Waals surface area (Å²) in [4.78, 5) is 17.5. The first-order valence-electron chi connectivity index (χ1n) is 22.0. The van der Waals surface area contributed by atoms with Crippen LogP contribution in [0, 0.1) is 50.7 Å². The number of likely N-dealkylation sites (tertiary alicyclic amines) is 1. The summed E-state index contributed by atoms with van der Waals surface area (Å²) in [5.74, 6) is 1.12. The predicted molar refractivity (Wildman–Crippen MR) is 203 cm³/mol. The smallest absolute Gasteiger partial charge is 0.303 e. The molecule has 9 aliphatic rings. The molecule has 4 aliphatic heterocycles. The van der Waals surface area contributed by atoms with Crippen molar-refractivity contribution in [3.05, 3.63) is 0 Å². The number of esters is 1. The highest BCUT2D eigenvalue weighted by atomic mass is 16.7. The lowest BCUT2D eigenvalue weighted by molar-refractivity contribution is -0.252. The number of hydrogen-bond acceptors (Lipinski definition) is 10. The van der Waals surface area contributed by atoms with E-state index < -0.39 is 29.9 Å². The fourth-order valence-corrected chi connectivity index (χ4v) is 15.9. The van der Waals surface area contributed by atoms with E-state index >= 15 is 0 Å². The Kier molecular flexibility index (Phi) is 9.36. The fraction of sp³-hybridized carbons (Fsp3) is 0.977. The second-order valence-corrected chi connectivity index (χ2v) is 21.6. The minimum Gasteiger partial charge on any atom is -0.457 e. The van der Waals surface area contributed by atoms with Crippen molar-refractivity contribution in [3.8, 4) is 0 Å². The molecule has 0 bridgehead atoms. The highest BCUT2D eigenvalue weighted by Crippen LogP contribution is 2.89. The normalized spacial score (nSPS) is 50.1. The highest BCUT2D eigenvalue weighted by molar-refractivity contribution is 5.66. The zero-order valence-electron chi connectivity index (χ0n) is 34.7. The minimum atomic E-state index is -1.25. The van der Waals surface area contributed by atoms with Gasteiger partial charge in [0.2, 0.25) is 0 Å². The lowest BCUT2D eigenvalue weighted by atomic mass is 9.41. The second-order valence-electron chi connectivity index (χ2n) is 21.6. The van der Waals surface area contributed by atoms with Crippen LogP contribution >= 0.6 is 0 Å². The van der Waals surface area contributed by atoms with Gasteiger partial charge in [0.25, 0.3) is 0 Å². The molecule has 10 nitrogen and oxygen atoms in total. The van der Waals surface area contributed by atoms with Crippen LogP contribution in [0.25, 0.3) is 0 Å². The van der Waals surface area contributed by atoms with Gasteiger partial charge in [-0.25, -0.2) is 0 Å². The van der Waals surface area contributed by atoms with Crippen molar-refractivity contribution in [2.24, 2.45) is 50.7 Å². The van der Waals surface area contributed by atoms with E-state index in [1.54, 1.807) is 13.8 Å². The van der Waals surface area contributed by atoms with E-state index in [9.17, 15) is 15.0 Å². The van der Waals surface area contributed by atoms with E-state index in [4.69, 9.17) is 23.7 Å². The Hall–Kier alpha value is -0.850. The Morgan fingerprint density at radius 3 is 2.28 bits per heavy atom. The van der Waals surface area contributed by atoms with Crippen LogP contribution in [0.5, 0.6) is 0 Å². The molecular weight excluding hydrogens is 684 g/mol. The first-order chi connectivity index (χ1) is 25.5. The van der Waals surface area contributed by atoms with Gasteiger partial charge in [0, 0.05) is 44.6 Å². The molecule has 9 rings (SSSR count). The molecule has 2 spiro atoms. The SMILES string of the molecule is CC(=O)OC(C1CC(C)C2C(O1)C(O)C1(C)C3CCC4C(C)(C)C(OC5CN(C6CCN(C7COC7)CC6)CCO5)CCC45CC35CCC21C)C(C)(C)O. The van der Waals surface area contributed by atoms with Crippen molar-refractivity contribution in [1.29, 1.82) is 0 Å². The summed E-state index contributed by atoms with van der Waals surface area (Å²) in [7, 11) is 0. The molecule has 4 heterocycles. The second kappa shape index (κ2) is 13.1. The van der Waals surface area contributed by atoms with Crippen molar-refractivity contribution < 1.29 is 38.7 Å². The minimum absolute atomic E-state index is 0.0478. The van der Waals surface area contributed by atoms with E-state index in [2.05, 4.69) is 44.4 Å². The summed E-state index contributed by atoms with van der Waals surface area (Å²) in [6, 6.07) is 1.25. The molecule has 0 amide bonds. The molecule has 0 aromatic heterocycles. The number of ether oxygens (including phenoxy) is 5. The molecule has 10 heteroatoms. The lowest BCUT2D eigenvalue weighted by Crippen LogP contribution is -2.60. The summed E-state index contributed by atoms with van der Waals surface area (Å²) in [5, 5.41) is 23.8. The molecule has 5 saturated carbocycles. The first-order valence-corrected chi connectivity index (χ1v) is 22.0. The molecule has 14 atom stereocenters. The maximum Gasteiger partial charge on any atom is 0.303 e. The number of carbonyl (C=O) groups excluding carboxylic acids is 1. The predicted octanol–water partition coefficient (Wildman–Crippen LogP) is 5.41. The third kappa shape index (κ3) is 5.48. The molecule has 9 fully saturated rings. The van der Waals surface area contributed by atoms with Gasteiger partial charge in [-0.05, 0) is 123 Å². The topological polar surface area (TPSA) is 110 Å². The summed E-state index contributed by atoms with van der Waals surface area (Å²) < 4.78 is 31.5. The number of aliphatic hydroxyl groups excluding tert-OH is 1. The quantitative estimate of drug-likeness (QED) is 0.328. The van der Waals surface area contributed by atoms with Crippen LogP contribution in [0.1, 0.15) is 120 Å². The van der Waals surface area contributed by atoms with E-state index in [-0.39, 0.29) is 52.0 Å². The lowest BCUT2D eigenvalue weighted by Gasteiger charge is -2.64. The molecule has 4 saturated heterocycles. The molecule has 54 heavy (non-hydrogen) atoms. The first kappa shape index (κ1) is 38.7. The van der Waals surface area contributed by atoms with E-state index in [0.717, 1.165) is 52.2 Å². The number of aliphatic hydroxyl groups is 2. The van der Waals surface area contributed by atoms with Crippen molar-refractivity contribution in [2.75, 3.05) is 46.0 Å². The monoisotopic (exact) mass is 757 g/mol. The van der Waals surface area contributed by atoms with Crippen molar-refractivity contribution in [2.45, 2.75) is 174 Å². The molecule has 306 valence electrons. The number of hydrogen-bond donors (Lipinski definition) is 2. The average molecular weight is 757 g/mol. The summed E-state index contributed by atoms with van der Waals surface area (Å²) >= 11 is 0. The van der Waals surface area contributed by atoms with Crippen molar-refractivity contribution >= 4 is 5.97 Å². The van der Waals surface area contributed by atoms with Gasteiger partial charge in [0.15, 0.2) is 12.4 Å². The fourth-order valence-electron chi connectivity index (χ4n) is 15.9. The molecule has 0 radical (unpaired) electrons. The number of piperidine rings is 1. The standard InChI is InChI=1S/C44H72N2O8/c1-26-21-30(38(40(5,6)49)52-27(2)47)53-36-35(26)41(7)15-16-44-25-43(44)14-11-33(39(3,4)31(43)9-10-32(44)42(41,8)37(36)48)54-34-22-46(19-20-51-34)28-12-17-45(18-13-28)29-23-50-24-29/h26,28-38,48-49H,9-25H2,1-8H3. The van der Waals surface area contributed by atoms with Crippen LogP contribution in [-0.2, 0) is 28.5 Å². The van der Waals surface area contributed by atoms with Gasteiger partial charge >= 0.3 is 5.97 Å². The van der Waals surface area contributed by atoms with Gasteiger partial charge in [-0.15, -0.1) is 0 Å². The van der Waals surface area contributed by atoms with Gasteiger partial charge in [-0.3, -0.25) is 14.6 Å². The number of rotatable bonds is 7. The Labute approximate surface area is 324 Å². The zero-order chi connectivity index (χ0) is 38.2. The third-order valence-corrected chi connectivity index (χ3v) is 18.6. The van der Waals surface area contributed by atoms with Gasteiger partial charge in [-0.2, -0.15) is 0 Å². The molecule has 0 aromatic rings. The van der Waals surface area contributed by atoms with Crippen LogP contribution in [0.4, 0.5) is 0 Å². The van der Waals surface area contributed by atoms with E-state index in [1.165, 1.54) is 58.5 Å². The van der Waals surface area contributed by atoms with Crippen molar-refractivity contribution in [1.82, 2.24) is 9.80 Å². The van der Waals surface area contributed by atoms with Crippen LogP contribution in [0.2, 0.25) is 0 Å². The summed E-state index contributed by atoms with van der Waals surface area (Å²) in [5.41, 5.74) is -0.963. The Morgan fingerprint density at radius 2 is 1.61 bits per heavy atom. The Morgan fingerprint density at radius 1 is 0.907 bits per heavy atom. The summed E-state index contributed by atoms with van der Waals surface area (Å²) in [6.07, 6.45) is 9.25. The van der Waals surface area contributed by atoms with Crippen LogP contribution in [-0.4, -0.2) is 126 Å². The number of nitrogens with zero attached hydrogens (tertiary/aromatic N) is 2. The summed E-state index contributed by atoms with van der Waals surface area (Å²) in [6.45, 7) is 23.8. The van der Waals surface area contributed by atoms with Crippen LogP contribution in [0.3, 0.4) is 0 Å². The molecule has 5 aliphatic carbocycles. The Bertz CT molecular complexity index is 1440. The van der Waals surface area contributed by atoms with E-state index in [0.29, 0.717) is 35.8 Å². The highest BCUT2D eigenvalue weighted by Gasteiger charge is 2.84. The number of carbonyl (C=O) groups is 1. The van der Waals surface area contributed by atoms with Gasteiger partial charge in [-0.1, -0.05) is 34.6 Å². The van der Waals surface area contributed by atoms with Crippen LogP contribution in [0.15, 0.2) is 0 Å². The zero-order valence-corrected chi connectivity index (χ0v) is 34.7. The maximum atomic E-state index is 12.7. The molecular formula is C44H72N2O8. The van der Waals surface area contributed by atoms with E-state index in [1.807, 2.05) is 0 Å². The van der Waals surface area contributed by atoms with Gasteiger partial charge in [0.05, 0.1) is 55.9 Å². The largest absolute Gasteiger partial charge is 0.457 e. The van der Waals surface area contributed by atoms with Crippen molar-refractivity contribution in [3.63, 3.8) is 0 Å². The molecule has 0 aromatic carbocycles. The Balaban J connectivity index is 0.894. The average Bonchev–Trinajstić information content (AvgIpc) is 3.72. The molecule has 14 unspecified atom stereocenters. The van der Waals surface area contributed by atoms with Gasteiger partial charge < -0.3 is 33.9 Å².